The Morgan fingerprint density at radius 1 is 1.24 bits per heavy atom. The molecule has 1 nitrogen and oxygen atoms in total. The Labute approximate surface area is 111 Å². The molecule has 1 aromatic rings. The topological polar surface area (TPSA) is 12.0 Å². The van der Waals surface area contributed by atoms with Crippen LogP contribution in [0.3, 0.4) is 0 Å². The molecule has 2 heteroatoms. The second-order valence-corrected chi connectivity index (χ2v) is 6.05. The van der Waals surface area contributed by atoms with Crippen LogP contribution in [0.4, 0.5) is 0 Å². The van der Waals surface area contributed by atoms with Gasteiger partial charge in [-0.05, 0) is 44.7 Å². The molecule has 0 heterocycles. The summed E-state index contributed by atoms with van der Waals surface area (Å²) in [6, 6.07) is 8.19. The first-order chi connectivity index (χ1) is 7.94. The molecule has 1 atom stereocenters. The second-order valence-electron chi connectivity index (χ2n) is 5.64. The maximum Gasteiger partial charge on any atom is 0.0441 e. The number of nitrogens with one attached hydrogen (secondary N) is 1. The minimum atomic E-state index is 0.160. The maximum absolute atomic E-state index is 6.28. The zero-order valence-electron chi connectivity index (χ0n) is 11.4. The Hall–Kier alpha value is -0.530. The Morgan fingerprint density at radius 2 is 1.88 bits per heavy atom. The van der Waals surface area contributed by atoms with Gasteiger partial charge in [0.25, 0.3) is 0 Å². The zero-order chi connectivity index (χ0) is 12.9. The molecule has 1 N–H and O–H groups in total. The van der Waals surface area contributed by atoms with E-state index >= 15 is 0 Å². The van der Waals surface area contributed by atoms with Gasteiger partial charge in [-0.25, -0.2) is 0 Å². The van der Waals surface area contributed by atoms with E-state index in [1.54, 1.807) is 0 Å². The van der Waals surface area contributed by atoms with Gasteiger partial charge >= 0.3 is 0 Å². The largest absolute Gasteiger partial charge is 0.311 e. The maximum atomic E-state index is 6.28. The summed E-state index contributed by atoms with van der Waals surface area (Å²) in [5.41, 5.74) is 1.43. The number of hydrogen-bond donors (Lipinski definition) is 1. The van der Waals surface area contributed by atoms with Gasteiger partial charge in [0, 0.05) is 17.1 Å². The average Bonchev–Trinajstić information content (AvgIpc) is 2.24. The van der Waals surface area contributed by atoms with Crippen molar-refractivity contribution in [3.8, 4) is 0 Å². The molecular formula is C15H24ClN. The standard InChI is InChI=1S/C15H24ClN/c1-5-8-12(11-17-15(2,3)4)13-9-6-7-10-14(13)16/h6-7,9-10,12,17H,5,8,11H2,1-4H3. The molecule has 0 aliphatic rings. The van der Waals surface area contributed by atoms with E-state index < -0.39 is 0 Å². The van der Waals surface area contributed by atoms with E-state index in [9.17, 15) is 0 Å². The zero-order valence-corrected chi connectivity index (χ0v) is 12.1. The van der Waals surface area contributed by atoms with Gasteiger partial charge in [0.05, 0.1) is 0 Å². The molecule has 0 amide bonds. The Morgan fingerprint density at radius 3 is 2.41 bits per heavy atom. The molecule has 1 aromatic carbocycles. The molecule has 0 bridgehead atoms. The van der Waals surface area contributed by atoms with Crippen molar-refractivity contribution in [2.24, 2.45) is 0 Å². The van der Waals surface area contributed by atoms with Gasteiger partial charge in [-0.3, -0.25) is 0 Å². The van der Waals surface area contributed by atoms with E-state index in [1.165, 1.54) is 18.4 Å². The molecule has 0 fully saturated rings. The summed E-state index contributed by atoms with van der Waals surface area (Å²) >= 11 is 6.28. The van der Waals surface area contributed by atoms with E-state index in [0.29, 0.717) is 5.92 Å². The van der Waals surface area contributed by atoms with Crippen LogP contribution in [0, 0.1) is 0 Å². The average molecular weight is 254 g/mol. The normalized spacial score (nSPS) is 13.7. The van der Waals surface area contributed by atoms with Crippen molar-refractivity contribution >= 4 is 11.6 Å². The predicted molar refractivity (Wildman–Crippen MR) is 76.9 cm³/mol. The van der Waals surface area contributed by atoms with Gasteiger partial charge in [0.2, 0.25) is 0 Å². The van der Waals surface area contributed by atoms with Gasteiger partial charge in [-0.1, -0.05) is 43.1 Å². The first-order valence-corrected chi connectivity index (χ1v) is 6.81. The fourth-order valence-electron chi connectivity index (χ4n) is 1.95. The third-order valence-corrected chi connectivity index (χ3v) is 3.21. The van der Waals surface area contributed by atoms with Crippen LogP contribution >= 0.6 is 11.6 Å². The van der Waals surface area contributed by atoms with Crippen molar-refractivity contribution in [3.05, 3.63) is 34.9 Å². The van der Waals surface area contributed by atoms with Crippen molar-refractivity contribution in [2.75, 3.05) is 6.54 Å². The van der Waals surface area contributed by atoms with Crippen LogP contribution in [0.1, 0.15) is 52.0 Å². The van der Waals surface area contributed by atoms with E-state index in [2.05, 4.69) is 45.1 Å². The van der Waals surface area contributed by atoms with Gasteiger partial charge in [-0.2, -0.15) is 0 Å². The lowest BCUT2D eigenvalue weighted by Gasteiger charge is -2.26. The summed E-state index contributed by atoms with van der Waals surface area (Å²) in [5.74, 6) is 0.507. The molecule has 0 saturated heterocycles. The summed E-state index contributed by atoms with van der Waals surface area (Å²) in [5, 5.41) is 4.46. The number of halogens is 1. The minimum absolute atomic E-state index is 0.160. The monoisotopic (exact) mass is 253 g/mol. The highest BCUT2D eigenvalue weighted by Gasteiger charge is 2.17. The Kier molecular flexibility index (Phi) is 5.48. The van der Waals surface area contributed by atoms with Crippen molar-refractivity contribution < 1.29 is 0 Å². The van der Waals surface area contributed by atoms with Gasteiger partial charge < -0.3 is 5.32 Å². The summed E-state index contributed by atoms with van der Waals surface area (Å²) in [4.78, 5) is 0. The van der Waals surface area contributed by atoms with Crippen LogP contribution in [-0.2, 0) is 0 Å². The molecule has 0 aliphatic heterocycles. The molecule has 17 heavy (non-hydrogen) atoms. The fourth-order valence-corrected chi connectivity index (χ4v) is 2.24. The lowest BCUT2D eigenvalue weighted by molar-refractivity contribution is 0.398. The SMILES string of the molecule is CCCC(CNC(C)(C)C)c1ccccc1Cl. The lowest BCUT2D eigenvalue weighted by atomic mass is 9.93. The van der Waals surface area contributed by atoms with Crippen molar-refractivity contribution in [1.82, 2.24) is 5.32 Å². The van der Waals surface area contributed by atoms with Crippen LogP contribution in [0.2, 0.25) is 5.02 Å². The quantitative estimate of drug-likeness (QED) is 0.808. The van der Waals surface area contributed by atoms with E-state index in [0.717, 1.165) is 11.6 Å². The van der Waals surface area contributed by atoms with Crippen LogP contribution in [-0.4, -0.2) is 12.1 Å². The highest BCUT2D eigenvalue weighted by Crippen LogP contribution is 2.27. The van der Waals surface area contributed by atoms with Crippen LogP contribution in [0.15, 0.2) is 24.3 Å². The smallest absolute Gasteiger partial charge is 0.0441 e. The molecule has 0 aliphatic carbocycles. The number of rotatable bonds is 5. The van der Waals surface area contributed by atoms with E-state index in [1.807, 2.05) is 12.1 Å². The first kappa shape index (κ1) is 14.5. The molecule has 0 saturated carbocycles. The summed E-state index contributed by atoms with van der Waals surface area (Å²) in [6.07, 6.45) is 2.36. The predicted octanol–water partition coefficient (Wildman–Crippen LogP) is 4.61. The molecular weight excluding hydrogens is 230 g/mol. The third-order valence-electron chi connectivity index (χ3n) is 2.86. The van der Waals surface area contributed by atoms with Gasteiger partial charge in [0.15, 0.2) is 0 Å². The number of hydrogen-bond acceptors (Lipinski definition) is 1. The highest BCUT2D eigenvalue weighted by molar-refractivity contribution is 6.31. The van der Waals surface area contributed by atoms with Gasteiger partial charge in [0.1, 0.15) is 0 Å². The van der Waals surface area contributed by atoms with E-state index in [4.69, 9.17) is 11.6 Å². The molecule has 0 radical (unpaired) electrons. The van der Waals surface area contributed by atoms with Crippen molar-refractivity contribution in [2.45, 2.75) is 52.0 Å². The number of benzene rings is 1. The summed E-state index contributed by atoms with van der Waals surface area (Å²) in [6.45, 7) is 9.80. The highest BCUT2D eigenvalue weighted by atomic mass is 35.5. The summed E-state index contributed by atoms with van der Waals surface area (Å²) < 4.78 is 0. The molecule has 1 rings (SSSR count). The Bertz CT molecular complexity index is 341. The van der Waals surface area contributed by atoms with E-state index in [-0.39, 0.29) is 5.54 Å². The van der Waals surface area contributed by atoms with Crippen LogP contribution in [0.25, 0.3) is 0 Å². The summed E-state index contributed by atoms with van der Waals surface area (Å²) in [7, 11) is 0. The Balaban J connectivity index is 2.75. The van der Waals surface area contributed by atoms with Crippen LogP contribution in [0.5, 0.6) is 0 Å². The fraction of sp³-hybridized carbons (Fsp3) is 0.600. The molecule has 1 unspecified atom stereocenters. The molecule has 0 spiro atoms. The lowest BCUT2D eigenvalue weighted by Crippen LogP contribution is -2.38. The van der Waals surface area contributed by atoms with Gasteiger partial charge in [-0.15, -0.1) is 0 Å². The van der Waals surface area contributed by atoms with Crippen molar-refractivity contribution in [3.63, 3.8) is 0 Å². The molecule has 96 valence electrons. The third kappa shape index (κ3) is 5.10. The molecule has 0 aromatic heterocycles. The van der Waals surface area contributed by atoms with Crippen molar-refractivity contribution in [1.29, 1.82) is 0 Å². The second kappa shape index (κ2) is 6.42. The first-order valence-electron chi connectivity index (χ1n) is 6.43. The minimum Gasteiger partial charge on any atom is -0.311 e. The van der Waals surface area contributed by atoms with Crippen LogP contribution < -0.4 is 5.32 Å².